The molecular formula is C21H29NO5S. The highest BCUT2D eigenvalue weighted by atomic mass is 32.2. The minimum Gasteiger partial charge on any atom is -0.444 e. The predicted molar refractivity (Wildman–Crippen MR) is 110 cm³/mol. The first-order valence-electron chi connectivity index (χ1n) is 9.23. The van der Waals surface area contributed by atoms with Gasteiger partial charge in [0, 0.05) is 6.54 Å². The maximum absolute atomic E-state index is 12.5. The molecule has 28 heavy (non-hydrogen) atoms. The number of ether oxygens (including phenoxy) is 1. The summed E-state index contributed by atoms with van der Waals surface area (Å²) in [5.41, 5.74) is -1.00. The van der Waals surface area contributed by atoms with E-state index in [4.69, 9.17) is 8.92 Å². The topological polar surface area (TPSA) is 81.7 Å². The highest BCUT2D eigenvalue weighted by Crippen LogP contribution is 2.25. The fourth-order valence-electron chi connectivity index (χ4n) is 2.52. The number of carbonyl (C=O) groups excluding carboxylic acids is 1. The summed E-state index contributed by atoms with van der Waals surface area (Å²) in [4.78, 5) is 11.8. The summed E-state index contributed by atoms with van der Waals surface area (Å²) in [6.07, 6.45) is 0.0486. The van der Waals surface area contributed by atoms with Crippen LogP contribution in [0.2, 0.25) is 0 Å². The molecule has 6 nitrogen and oxygen atoms in total. The molecule has 2 aromatic rings. The molecule has 0 aromatic heterocycles. The van der Waals surface area contributed by atoms with Crippen molar-refractivity contribution in [3.05, 3.63) is 42.5 Å². The van der Waals surface area contributed by atoms with Gasteiger partial charge >= 0.3 is 6.09 Å². The predicted octanol–water partition coefficient (Wildman–Crippen LogP) is 4.49. The van der Waals surface area contributed by atoms with Crippen LogP contribution in [0.25, 0.3) is 10.8 Å². The van der Waals surface area contributed by atoms with E-state index in [9.17, 15) is 13.2 Å². The van der Waals surface area contributed by atoms with Crippen molar-refractivity contribution < 1.29 is 22.1 Å². The Morgan fingerprint density at radius 2 is 1.64 bits per heavy atom. The molecule has 7 heteroatoms. The molecule has 0 aliphatic rings. The summed E-state index contributed by atoms with van der Waals surface area (Å²) in [6.45, 7) is 9.53. The van der Waals surface area contributed by atoms with E-state index in [1.54, 1.807) is 39.0 Å². The van der Waals surface area contributed by atoms with Crippen molar-refractivity contribution in [1.82, 2.24) is 5.32 Å². The number of rotatable bonds is 7. The molecular weight excluding hydrogens is 378 g/mol. The first-order chi connectivity index (χ1) is 12.9. The molecule has 0 saturated heterocycles. The summed E-state index contributed by atoms with van der Waals surface area (Å²) in [7, 11) is -3.86. The average Bonchev–Trinajstić information content (AvgIpc) is 2.58. The van der Waals surface area contributed by atoms with Crippen molar-refractivity contribution >= 4 is 27.0 Å². The monoisotopic (exact) mass is 407 g/mol. The quantitative estimate of drug-likeness (QED) is 0.684. The van der Waals surface area contributed by atoms with Crippen molar-refractivity contribution in [2.24, 2.45) is 5.41 Å². The van der Waals surface area contributed by atoms with Crippen LogP contribution in [-0.2, 0) is 19.0 Å². The van der Waals surface area contributed by atoms with Crippen molar-refractivity contribution in [3.8, 4) is 0 Å². The molecule has 0 bridgehead atoms. The van der Waals surface area contributed by atoms with Crippen molar-refractivity contribution in [2.75, 3.05) is 13.2 Å². The second-order valence-corrected chi connectivity index (χ2v) is 10.2. The van der Waals surface area contributed by atoms with Gasteiger partial charge < -0.3 is 10.1 Å². The van der Waals surface area contributed by atoms with Crippen LogP contribution in [0.15, 0.2) is 47.4 Å². The average molecular weight is 408 g/mol. The SMILES string of the molecule is CC(C)(CCNC(=O)OC(C)(C)C)COS(=O)(=O)c1ccc2ccccc2c1. The number of amides is 1. The van der Waals surface area contributed by atoms with Crippen molar-refractivity contribution in [1.29, 1.82) is 0 Å². The van der Waals surface area contributed by atoms with Crippen LogP contribution in [0.4, 0.5) is 4.79 Å². The fourth-order valence-corrected chi connectivity index (χ4v) is 3.63. The molecule has 0 aliphatic heterocycles. The van der Waals surface area contributed by atoms with Crippen LogP contribution < -0.4 is 5.32 Å². The van der Waals surface area contributed by atoms with Gasteiger partial charge in [0.2, 0.25) is 0 Å². The van der Waals surface area contributed by atoms with Crippen LogP contribution >= 0.6 is 0 Å². The second-order valence-electron chi connectivity index (χ2n) is 8.57. The van der Waals surface area contributed by atoms with E-state index in [-0.39, 0.29) is 11.5 Å². The summed E-state index contributed by atoms with van der Waals surface area (Å²) < 4.78 is 35.6. The van der Waals surface area contributed by atoms with E-state index < -0.39 is 27.2 Å². The first kappa shape index (κ1) is 22.2. The van der Waals surface area contributed by atoms with E-state index in [2.05, 4.69) is 5.32 Å². The van der Waals surface area contributed by atoms with Gasteiger partial charge in [0.15, 0.2) is 0 Å². The number of carbonyl (C=O) groups is 1. The zero-order chi connectivity index (χ0) is 21.0. The minimum absolute atomic E-state index is 0.0121. The van der Waals surface area contributed by atoms with Crippen LogP contribution in [0.5, 0.6) is 0 Å². The molecule has 2 aromatic carbocycles. The standard InChI is InChI=1S/C21H29NO5S/c1-20(2,3)27-19(23)22-13-12-21(4,5)15-26-28(24,25)18-11-10-16-8-6-7-9-17(16)14-18/h6-11,14H,12-13,15H2,1-5H3,(H,22,23). The Labute approximate surface area is 167 Å². The fraction of sp³-hybridized carbons (Fsp3) is 0.476. The van der Waals surface area contributed by atoms with Gasteiger partial charge in [-0.1, -0.05) is 44.2 Å². The molecule has 1 N–H and O–H groups in total. The molecule has 0 heterocycles. The molecule has 0 aliphatic carbocycles. The van der Waals surface area contributed by atoms with Gasteiger partial charge in [0.1, 0.15) is 5.60 Å². The third-order valence-electron chi connectivity index (χ3n) is 4.08. The number of nitrogens with one attached hydrogen (secondary N) is 1. The van der Waals surface area contributed by atoms with Gasteiger partial charge in [-0.3, -0.25) is 4.18 Å². The third kappa shape index (κ3) is 6.80. The summed E-state index contributed by atoms with van der Waals surface area (Å²) >= 11 is 0. The van der Waals surface area contributed by atoms with Crippen molar-refractivity contribution in [2.45, 2.75) is 51.5 Å². The molecule has 1 amide bonds. The number of hydrogen-bond acceptors (Lipinski definition) is 5. The lowest BCUT2D eigenvalue weighted by atomic mass is 9.91. The normalized spacial score (nSPS) is 12.8. The lowest BCUT2D eigenvalue weighted by Gasteiger charge is -2.25. The Hall–Kier alpha value is -2.12. The van der Waals surface area contributed by atoms with E-state index >= 15 is 0 Å². The Morgan fingerprint density at radius 3 is 2.29 bits per heavy atom. The van der Waals surface area contributed by atoms with E-state index in [1.165, 1.54) is 0 Å². The van der Waals surface area contributed by atoms with E-state index in [0.29, 0.717) is 13.0 Å². The van der Waals surface area contributed by atoms with Crippen LogP contribution in [0, 0.1) is 5.41 Å². The molecule has 0 spiro atoms. The Morgan fingerprint density at radius 1 is 1.00 bits per heavy atom. The van der Waals surface area contributed by atoms with Crippen molar-refractivity contribution in [3.63, 3.8) is 0 Å². The number of hydrogen-bond donors (Lipinski definition) is 1. The van der Waals surface area contributed by atoms with Gasteiger partial charge in [0.25, 0.3) is 10.1 Å². The van der Waals surface area contributed by atoms with E-state index in [1.807, 2.05) is 38.1 Å². The van der Waals surface area contributed by atoms with Gasteiger partial charge in [-0.25, -0.2) is 4.79 Å². The molecule has 0 unspecified atom stereocenters. The lowest BCUT2D eigenvalue weighted by molar-refractivity contribution is 0.0517. The zero-order valence-electron chi connectivity index (χ0n) is 17.1. The summed E-state index contributed by atoms with van der Waals surface area (Å²) in [5.74, 6) is 0. The Bertz CT molecular complexity index is 929. The zero-order valence-corrected chi connectivity index (χ0v) is 17.9. The van der Waals surface area contributed by atoms with E-state index in [0.717, 1.165) is 10.8 Å². The van der Waals surface area contributed by atoms with Crippen LogP contribution in [0.3, 0.4) is 0 Å². The molecule has 0 atom stereocenters. The Kier molecular flexibility index (Phi) is 6.72. The van der Waals surface area contributed by atoms with Crippen LogP contribution in [-0.4, -0.2) is 33.3 Å². The summed E-state index contributed by atoms with van der Waals surface area (Å²) in [6, 6.07) is 12.5. The highest BCUT2D eigenvalue weighted by Gasteiger charge is 2.24. The van der Waals surface area contributed by atoms with Gasteiger partial charge in [-0.05, 0) is 55.5 Å². The van der Waals surface area contributed by atoms with Gasteiger partial charge in [-0.2, -0.15) is 8.42 Å². The first-order valence-corrected chi connectivity index (χ1v) is 10.6. The number of benzene rings is 2. The number of fused-ring (bicyclic) bond motifs is 1. The maximum Gasteiger partial charge on any atom is 0.407 e. The van der Waals surface area contributed by atoms with Gasteiger partial charge in [0.05, 0.1) is 11.5 Å². The largest absolute Gasteiger partial charge is 0.444 e. The van der Waals surface area contributed by atoms with Gasteiger partial charge in [-0.15, -0.1) is 0 Å². The highest BCUT2D eigenvalue weighted by molar-refractivity contribution is 7.86. The third-order valence-corrected chi connectivity index (χ3v) is 5.34. The molecule has 0 saturated carbocycles. The number of alkyl carbamates (subject to hydrolysis) is 1. The summed E-state index contributed by atoms with van der Waals surface area (Å²) in [5, 5.41) is 4.49. The second kappa shape index (κ2) is 8.49. The van der Waals surface area contributed by atoms with Crippen LogP contribution in [0.1, 0.15) is 41.0 Å². The minimum atomic E-state index is -3.86. The Balaban J connectivity index is 1.92. The molecule has 2 rings (SSSR count). The molecule has 0 radical (unpaired) electrons. The molecule has 0 fully saturated rings. The molecule has 154 valence electrons. The smallest absolute Gasteiger partial charge is 0.407 e. The lowest BCUT2D eigenvalue weighted by Crippen LogP contribution is -2.35. The maximum atomic E-state index is 12.5.